The molecule has 0 radical (unpaired) electrons. The first-order chi connectivity index (χ1) is 7.33. The number of rotatable bonds is 5. The number of nitrogens with zero attached hydrogens (tertiary/aromatic N) is 4. The van der Waals surface area contributed by atoms with Gasteiger partial charge in [-0.15, -0.1) is 0 Å². The first-order valence-electron chi connectivity index (χ1n) is 4.37. The van der Waals surface area contributed by atoms with Crippen LogP contribution in [-0.2, 0) is 11.3 Å². The van der Waals surface area contributed by atoms with Gasteiger partial charge < -0.3 is 9.30 Å². The van der Waals surface area contributed by atoms with Crippen molar-refractivity contribution in [2.24, 2.45) is 0 Å². The maximum Gasteiger partial charge on any atom is 0.176 e. The SMILES string of the molecule is N#Cc1ncn(CCOCCS)c1C#N. The van der Waals surface area contributed by atoms with Gasteiger partial charge in [-0.3, -0.25) is 0 Å². The van der Waals surface area contributed by atoms with E-state index in [4.69, 9.17) is 15.3 Å². The molecular weight excluding hydrogens is 212 g/mol. The fourth-order valence-electron chi connectivity index (χ4n) is 1.08. The molecule has 0 aliphatic heterocycles. The molecule has 1 aromatic heterocycles. The summed E-state index contributed by atoms with van der Waals surface area (Å²) in [4.78, 5) is 3.81. The Hall–Kier alpha value is -1.50. The van der Waals surface area contributed by atoms with Gasteiger partial charge in [-0.05, 0) is 0 Å². The third-order valence-corrected chi connectivity index (χ3v) is 1.94. The largest absolute Gasteiger partial charge is 0.379 e. The zero-order valence-corrected chi connectivity index (χ0v) is 8.94. The van der Waals surface area contributed by atoms with E-state index < -0.39 is 0 Å². The van der Waals surface area contributed by atoms with Crippen molar-refractivity contribution in [3.8, 4) is 12.1 Å². The highest BCUT2D eigenvalue weighted by molar-refractivity contribution is 7.80. The summed E-state index contributed by atoms with van der Waals surface area (Å²) in [6, 6.07) is 3.80. The van der Waals surface area contributed by atoms with Crippen molar-refractivity contribution in [3.05, 3.63) is 17.7 Å². The molecule has 0 bridgehead atoms. The summed E-state index contributed by atoms with van der Waals surface area (Å²) in [6.45, 7) is 1.58. The lowest BCUT2D eigenvalue weighted by Crippen LogP contribution is -2.08. The van der Waals surface area contributed by atoms with Gasteiger partial charge in [0.25, 0.3) is 0 Å². The van der Waals surface area contributed by atoms with Crippen molar-refractivity contribution in [2.75, 3.05) is 19.0 Å². The predicted molar refractivity (Wildman–Crippen MR) is 56.3 cm³/mol. The fraction of sp³-hybridized carbons (Fsp3) is 0.444. The summed E-state index contributed by atoms with van der Waals surface area (Å²) in [5, 5.41) is 17.5. The summed E-state index contributed by atoms with van der Waals surface area (Å²) in [7, 11) is 0. The summed E-state index contributed by atoms with van der Waals surface area (Å²) in [5.41, 5.74) is 0.443. The van der Waals surface area contributed by atoms with E-state index in [0.717, 1.165) is 0 Å². The monoisotopic (exact) mass is 222 g/mol. The molecule has 1 rings (SSSR count). The first kappa shape index (κ1) is 11.6. The molecule has 1 heterocycles. The summed E-state index contributed by atoms with van der Waals surface area (Å²) in [5.74, 6) is 0.665. The molecule has 0 aliphatic rings. The van der Waals surface area contributed by atoms with Crippen LogP contribution in [0.15, 0.2) is 6.33 Å². The van der Waals surface area contributed by atoms with Crippen LogP contribution in [0.3, 0.4) is 0 Å². The first-order valence-corrected chi connectivity index (χ1v) is 5.00. The molecule has 0 N–H and O–H groups in total. The predicted octanol–water partition coefficient (Wildman–Crippen LogP) is 0.573. The average molecular weight is 222 g/mol. The lowest BCUT2D eigenvalue weighted by Gasteiger charge is -2.03. The highest BCUT2D eigenvalue weighted by Gasteiger charge is 2.08. The highest BCUT2D eigenvalue weighted by Crippen LogP contribution is 2.04. The number of imidazole rings is 1. The van der Waals surface area contributed by atoms with Gasteiger partial charge >= 0.3 is 0 Å². The van der Waals surface area contributed by atoms with Gasteiger partial charge in [0.1, 0.15) is 12.1 Å². The van der Waals surface area contributed by atoms with Gasteiger partial charge in [-0.1, -0.05) is 0 Å². The van der Waals surface area contributed by atoms with Gasteiger partial charge in [0.15, 0.2) is 11.4 Å². The molecule has 0 unspecified atom stereocenters. The summed E-state index contributed by atoms with van der Waals surface area (Å²) >= 11 is 4.00. The topological polar surface area (TPSA) is 74.6 Å². The molecule has 78 valence electrons. The molecule has 0 spiro atoms. The lowest BCUT2D eigenvalue weighted by atomic mass is 10.3. The Kier molecular flexibility index (Phi) is 4.69. The van der Waals surface area contributed by atoms with Crippen LogP contribution < -0.4 is 0 Å². The molecule has 5 nitrogen and oxygen atoms in total. The van der Waals surface area contributed by atoms with Crippen LogP contribution in [0.2, 0.25) is 0 Å². The third kappa shape index (κ3) is 2.98. The number of aromatic nitrogens is 2. The summed E-state index contributed by atoms with van der Waals surface area (Å²) < 4.78 is 6.82. The quantitative estimate of drug-likeness (QED) is 0.584. The zero-order chi connectivity index (χ0) is 11.1. The van der Waals surface area contributed by atoms with E-state index in [2.05, 4.69) is 17.6 Å². The molecule has 0 fully saturated rings. The van der Waals surface area contributed by atoms with E-state index >= 15 is 0 Å². The molecule has 0 aromatic carbocycles. The molecule has 6 heteroatoms. The van der Waals surface area contributed by atoms with Gasteiger partial charge in [0.05, 0.1) is 19.5 Å². The van der Waals surface area contributed by atoms with Crippen molar-refractivity contribution in [1.82, 2.24) is 9.55 Å². The molecule has 1 aromatic rings. The number of thiol groups is 1. The van der Waals surface area contributed by atoms with E-state index in [1.165, 1.54) is 6.33 Å². The Morgan fingerprint density at radius 3 is 2.80 bits per heavy atom. The van der Waals surface area contributed by atoms with Crippen LogP contribution >= 0.6 is 12.6 Å². The van der Waals surface area contributed by atoms with Crippen molar-refractivity contribution in [1.29, 1.82) is 10.5 Å². The van der Waals surface area contributed by atoms with E-state index in [0.29, 0.717) is 25.5 Å². The number of nitriles is 2. The maximum atomic E-state index is 8.81. The molecule has 0 amide bonds. The van der Waals surface area contributed by atoms with E-state index in [9.17, 15) is 0 Å². The molecule has 0 saturated carbocycles. The fourth-order valence-corrected chi connectivity index (χ4v) is 1.21. The molecule has 15 heavy (non-hydrogen) atoms. The van der Waals surface area contributed by atoms with Crippen LogP contribution in [0.5, 0.6) is 0 Å². The van der Waals surface area contributed by atoms with Crippen LogP contribution in [-0.4, -0.2) is 28.5 Å². The van der Waals surface area contributed by atoms with Crippen molar-refractivity contribution < 1.29 is 4.74 Å². The molecule has 0 aliphatic carbocycles. The van der Waals surface area contributed by atoms with Gasteiger partial charge in [0, 0.05) is 12.3 Å². The number of hydrogen-bond acceptors (Lipinski definition) is 5. The van der Waals surface area contributed by atoms with Crippen LogP contribution in [0.25, 0.3) is 0 Å². The minimum Gasteiger partial charge on any atom is -0.379 e. The van der Waals surface area contributed by atoms with Crippen LogP contribution in [0.4, 0.5) is 0 Å². The average Bonchev–Trinajstić information content (AvgIpc) is 2.66. The van der Waals surface area contributed by atoms with Crippen LogP contribution in [0, 0.1) is 22.7 Å². The van der Waals surface area contributed by atoms with E-state index in [1.807, 2.05) is 12.1 Å². The van der Waals surface area contributed by atoms with Crippen molar-refractivity contribution in [2.45, 2.75) is 6.54 Å². The van der Waals surface area contributed by atoms with Gasteiger partial charge in [0.2, 0.25) is 0 Å². The Morgan fingerprint density at radius 2 is 2.20 bits per heavy atom. The molecule has 0 saturated heterocycles. The van der Waals surface area contributed by atoms with Gasteiger partial charge in [-0.2, -0.15) is 23.2 Å². The second-order valence-corrected chi connectivity index (χ2v) is 3.14. The number of hydrogen-bond donors (Lipinski definition) is 1. The lowest BCUT2D eigenvalue weighted by molar-refractivity contribution is 0.141. The Balaban J connectivity index is 2.59. The Morgan fingerprint density at radius 1 is 1.40 bits per heavy atom. The van der Waals surface area contributed by atoms with Crippen LogP contribution in [0.1, 0.15) is 11.4 Å². The van der Waals surface area contributed by atoms with Crippen molar-refractivity contribution in [3.63, 3.8) is 0 Å². The molecule has 0 atom stereocenters. The standard InChI is InChI=1S/C9H10N4OS/c10-5-8-9(6-11)13(7-12-8)1-2-14-3-4-15/h7,15H,1-4H2. The minimum atomic E-state index is 0.159. The van der Waals surface area contributed by atoms with Gasteiger partial charge in [-0.25, -0.2) is 4.98 Å². The summed E-state index contributed by atoms with van der Waals surface area (Å²) in [6.07, 6.45) is 1.47. The second-order valence-electron chi connectivity index (χ2n) is 2.69. The highest BCUT2D eigenvalue weighted by atomic mass is 32.1. The zero-order valence-electron chi connectivity index (χ0n) is 8.05. The van der Waals surface area contributed by atoms with E-state index in [-0.39, 0.29) is 11.4 Å². The Bertz CT molecular complexity index is 401. The minimum absolute atomic E-state index is 0.159. The maximum absolute atomic E-state index is 8.81. The molecular formula is C9H10N4OS. The normalized spacial score (nSPS) is 9.53. The van der Waals surface area contributed by atoms with E-state index in [1.54, 1.807) is 4.57 Å². The third-order valence-electron chi connectivity index (χ3n) is 1.76. The Labute approximate surface area is 93.3 Å². The smallest absolute Gasteiger partial charge is 0.176 e. The van der Waals surface area contributed by atoms with Crippen molar-refractivity contribution >= 4 is 12.6 Å². The second kappa shape index (κ2) is 6.07. The number of ether oxygens (including phenoxy) is 1.